The Bertz CT molecular complexity index is 595. The molecule has 1 aliphatic heterocycles. The largest absolute Gasteiger partial charge is 0.368 e. The molecule has 0 bridgehead atoms. The van der Waals surface area contributed by atoms with Crippen LogP contribution in [-0.4, -0.2) is 65.4 Å². The van der Waals surface area contributed by atoms with Crippen LogP contribution in [0, 0.1) is 0 Å². The van der Waals surface area contributed by atoms with Crippen LogP contribution in [0.5, 0.6) is 0 Å². The van der Waals surface area contributed by atoms with Gasteiger partial charge in [0.15, 0.2) is 5.96 Å². The van der Waals surface area contributed by atoms with Gasteiger partial charge in [0.05, 0.1) is 12.1 Å². The molecule has 25 heavy (non-hydrogen) atoms. The van der Waals surface area contributed by atoms with Gasteiger partial charge in [0.2, 0.25) is 5.91 Å². The summed E-state index contributed by atoms with van der Waals surface area (Å²) in [5.74, 6) is 0.591. The zero-order valence-electron chi connectivity index (χ0n) is 15.4. The van der Waals surface area contributed by atoms with Crippen molar-refractivity contribution < 1.29 is 4.79 Å². The Labute approximate surface area is 171 Å². The number of aromatic nitrogens is 1. The Morgan fingerprint density at radius 3 is 2.52 bits per heavy atom. The van der Waals surface area contributed by atoms with Crippen molar-refractivity contribution in [1.82, 2.24) is 20.1 Å². The maximum absolute atomic E-state index is 11.6. The molecular weight excluding hydrogens is 451 g/mol. The normalized spacial score (nSPS) is 16.5. The third-order valence-corrected chi connectivity index (χ3v) is 5.67. The van der Waals surface area contributed by atoms with Gasteiger partial charge in [0.1, 0.15) is 5.01 Å². The Morgan fingerprint density at radius 1 is 1.40 bits per heavy atom. The highest BCUT2D eigenvalue weighted by atomic mass is 127. The number of hydrogen-bond donors (Lipinski definition) is 2. The number of carbonyl (C=O) groups is 1. The van der Waals surface area contributed by atoms with E-state index in [4.69, 9.17) is 5.73 Å². The number of amides is 1. The third kappa shape index (κ3) is 5.52. The highest BCUT2D eigenvalue weighted by Crippen LogP contribution is 2.17. The minimum absolute atomic E-state index is 0. The number of piperazine rings is 1. The first-order valence-electron chi connectivity index (χ1n) is 8.32. The summed E-state index contributed by atoms with van der Waals surface area (Å²) in [5.41, 5.74) is 4.90. The fraction of sp³-hybridized carbons (Fsp3) is 0.688. The molecule has 7 nitrogen and oxygen atoms in total. The summed E-state index contributed by atoms with van der Waals surface area (Å²) in [6.45, 7) is 9.78. The number of primary amides is 1. The molecule has 2 rings (SSSR count). The number of rotatable bonds is 5. The van der Waals surface area contributed by atoms with Gasteiger partial charge in [0, 0.05) is 44.3 Å². The number of nitrogens with one attached hydrogen (secondary N) is 1. The average Bonchev–Trinajstić information content (AvgIpc) is 3.04. The first-order valence-corrected chi connectivity index (χ1v) is 9.14. The number of guanidine groups is 1. The summed E-state index contributed by atoms with van der Waals surface area (Å²) < 4.78 is 0. The highest BCUT2D eigenvalue weighted by molar-refractivity contribution is 14.0. The Morgan fingerprint density at radius 2 is 2.04 bits per heavy atom. The van der Waals surface area contributed by atoms with Crippen molar-refractivity contribution in [3.63, 3.8) is 0 Å². The zero-order valence-corrected chi connectivity index (χ0v) is 18.6. The Kier molecular flexibility index (Phi) is 8.55. The van der Waals surface area contributed by atoms with E-state index in [0.29, 0.717) is 6.54 Å². The number of carbonyl (C=O) groups excluding carboxylic acids is 1. The average molecular weight is 480 g/mol. The van der Waals surface area contributed by atoms with Gasteiger partial charge in [0.25, 0.3) is 0 Å². The van der Waals surface area contributed by atoms with Crippen LogP contribution >= 0.6 is 35.3 Å². The standard InChI is InChI=1S/C16H28N6OS.HI/c1-5-12-10-19-13(24-12)11-20-15(18-4)21-6-8-22(9-7-21)16(2,3)14(17)23;/h10H,5-9,11H2,1-4H3,(H2,17,23)(H,18,20);1H. The molecule has 1 saturated heterocycles. The summed E-state index contributed by atoms with van der Waals surface area (Å²) in [5, 5.41) is 4.45. The first-order chi connectivity index (χ1) is 11.4. The van der Waals surface area contributed by atoms with Crippen LogP contribution in [0.25, 0.3) is 0 Å². The van der Waals surface area contributed by atoms with Gasteiger partial charge in [-0.1, -0.05) is 6.92 Å². The predicted octanol–water partition coefficient (Wildman–Crippen LogP) is 1.28. The van der Waals surface area contributed by atoms with Crippen LogP contribution in [0.15, 0.2) is 11.2 Å². The second-order valence-corrected chi connectivity index (χ2v) is 7.57. The van der Waals surface area contributed by atoms with E-state index in [1.165, 1.54) is 4.88 Å². The van der Waals surface area contributed by atoms with Crippen LogP contribution < -0.4 is 11.1 Å². The zero-order chi connectivity index (χ0) is 17.7. The summed E-state index contributed by atoms with van der Waals surface area (Å²) in [6.07, 6.45) is 2.96. The maximum atomic E-state index is 11.6. The number of aliphatic imine (C=N–C) groups is 1. The van der Waals surface area contributed by atoms with Gasteiger partial charge >= 0.3 is 0 Å². The molecule has 0 saturated carbocycles. The summed E-state index contributed by atoms with van der Waals surface area (Å²) in [6, 6.07) is 0. The van der Waals surface area contributed by atoms with Gasteiger partial charge in [-0.2, -0.15) is 0 Å². The molecule has 1 aromatic rings. The number of nitrogens with zero attached hydrogens (tertiary/aromatic N) is 4. The lowest BCUT2D eigenvalue weighted by Crippen LogP contribution is -2.61. The molecular formula is C16H29IN6OS. The van der Waals surface area contributed by atoms with Gasteiger partial charge in [-0.25, -0.2) is 4.98 Å². The second kappa shape index (κ2) is 9.67. The van der Waals surface area contributed by atoms with Crippen molar-refractivity contribution >= 4 is 47.2 Å². The molecule has 1 aromatic heterocycles. The molecule has 2 heterocycles. The number of aryl methyl sites for hydroxylation is 1. The number of hydrogen-bond acceptors (Lipinski definition) is 5. The second-order valence-electron chi connectivity index (χ2n) is 6.37. The third-order valence-electron chi connectivity index (χ3n) is 4.53. The van der Waals surface area contributed by atoms with Gasteiger partial charge < -0.3 is 16.0 Å². The molecule has 142 valence electrons. The molecule has 0 atom stereocenters. The first kappa shape index (κ1) is 22.1. The molecule has 0 radical (unpaired) electrons. The quantitative estimate of drug-likeness (QED) is 0.377. The van der Waals surface area contributed by atoms with Crippen LogP contribution in [0.2, 0.25) is 0 Å². The molecule has 0 spiro atoms. The SMILES string of the molecule is CCc1cnc(CNC(=NC)N2CCN(C(C)(C)C(N)=O)CC2)s1.I. The highest BCUT2D eigenvalue weighted by Gasteiger charge is 2.35. The molecule has 0 aliphatic carbocycles. The van der Waals surface area contributed by atoms with Crippen molar-refractivity contribution in [1.29, 1.82) is 0 Å². The van der Waals surface area contributed by atoms with Crippen molar-refractivity contribution in [3.05, 3.63) is 16.1 Å². The molecule has 3 N–H and O–H groups in total. The van der Waals surface area contributed by atoms with E-state index in [2.05, 4.69) is 32.0 Å². The van der Waals surface area contributed by atoms with Gasteiger partial charge in [-0.3, -0.25) is 14.7 Å². The number of halogens is 1. The molecule has 0 aromatic carbocycles. The van der Waals surface area contributed by atoms with Crippen LogP contribution in [0.3, 0.4) is 0 Å². The van der Waals surface area contributed by atoms with E-state index in [1.807, 2.05) is 20.0 Å². The van der Waals surface area contributed by atoms with E-state index >= 15 is 0 Å². The lowest BCUT2D eigenvalue weighted by Gasteiger charge is -2.43. The smallest absolute Gasteiger partial charge is 0.237 e. The fourth-order valence-electron chi connectivity index (χ4n) is 2.71. The van der Waals surface area contributed by atoms with E-state index in [-0.39, 0.29) is 29.9 Å². The van der Waals surface area contributed by atoms with Crippen LogP contribution in [-0.2, 0) is 17.8 Å². The van der Waals surface area contributed by atoms with E-state index in [1.54, 1.807) is 18.4 Å². The Hall–Kier alpha value is -0.940. The van der Waals surface area contributed by atoms with Crippen molar-refractivity contribution in [2.45, 2.75) is 39.3 Å². The summed E-state index contributed by atoms with van der Waals surface area (Å²) in [7, 11) is 1.79. The van der Waals surface area contributed by atoms with Crippen LogP contribution in [0.1, 0.15) is 30.7 Å². The molecule has 1 fully saturated rings. The van der Waals surface area contributed by atoms with Crippen LogP contribution in [0.4, 0.5) is 0 Å². The van der Waals surface area contributed by atoms with Crippen molar-refractivity contribution in [2.24, 2.45) is 10.7 Å². The van der Waals surface area contributed by atoms with Gasteiger partial charge in [-0.05, 0) is 20.3 Å². The fourth-order valence-corrected chi connectivity index (χ4v) is 3.52. The minimum atomic E-state index is -0.611. The van der Waals surface area contributed by atoms with Gasteiger partial charge in [-0.15, -0.1) is 35.3 Å². The Balaban J connectivity index is 0.00000312. The topological polar surface area (TPSA) is 86.8 Å². The monoisotopic (exact) mass is 480 g/mol. The van der Waals surface area contributed by atoms with Crippen molar-refractivity contribution in [2.75, 3.05) is 33.2 Å². The lowest BCUT2D eigenvalue weighted by molar-refractivity contribution is -0.129. The number of thiazole rings is 1. The van der Waals surface area contributed by atoms with E-state index < -0.39 is 5.54 Å². The molecule has 1 amide bonds. The van der Waals surface area contributed by atoms with E-state index in [9.17, 15) is 4.79 Å². The minimum Gasteiger partial charge on any atom is -0.368 e. The number of nitrogens with two attached hydrogens (primary N) is 1. The summed E-state index contributed by atoms with van der Waals surface area (Å²) in [4.78, 5) is 26.0. The predicted molar refractivity (Wildman–Crippen MR) is 114 cm³/mol. The molecule has 1 aliphatic rings. The molecule has 0 unspecified atom stereocenters. The maximum Gasteiger partial charge on any atom is 0.237 e. The lowest BCUT2D eigenvalue weighted by atomic mass is 10.0. The molecule has 9 heteroatoms. The van der Waals surface area contributed by atoms with E-state index in [0.717, 1.165) is 43.6 Å². The summed E-state index contributed by atoms with van der Waals surface area (Å²) >= 11 is 1.73. The van der Waals surface area contributed by atoms with Crippen molar-refractivity contribution in [3.8, 4) is 0 Å².